The summed E-state index contributed by atoms with van der Waals surface area (Å²) in [5.74, 6) is -5.39. The van der Waals surface area contributed by atoms with E-state index in [-0.39, 0.29) is 0 Å². The zero-order chi connectivity index (χ0) is 20.2. The van der Waals surface area contributed by atoms with Gasteiger partial charge in [0.1, 0.15) is 23.0 Å². The molecule has 1 radical (unpaired) electrons. The van der Waals surface area contributed by atoms with Gasteiger partial charge >= 0.3 is 20.4 Å². The van der Waals surface area contributed by atoms with Crippen LogP contribution in [0.1, 0.15) is 0 Å². The Morgan fingerprint density at radius 3 is 1.33 bits per heavy atom. The second-order valence-corrected chi connectivity index (χ2v) is 4.61. The van der Waals surface area contributed by atoms with Crippen molar-refractivity contribution in [3.8, 4) is 23.0 Å². The molecule has 2 rings (SSSR count). The van der Waals surface area contributed by atoms with Crippen LogP contribution in [0.3, 0.4) is 0 Å². The molecule has 0 saturated carbocycles. The highest BCUT2D eigenvalue weighted by Crippen LogP contribution is 2.30. The van der Waals surface area contributed by atoms with Crippen molar-refractivity contribution in [3.63, 3.8) is 0 Å². The Balaban J connectivity index is 2.04. The first-order valence-corrected chi connectivity index (χ1v) is 6.68. The average Bonchev–Trinajstić information content (AvgIpc) is 2.50. The molecule has 0 saturated heterocycles. The molecule has 0 spiro atoms. The summed E-state index contributed by atoms with van der Waals surface area (Å²) in [5, 5.41) is 0. The van der Waals surface area contributed by atoms with Gasteiger partial charge < -0.3 is 18.8 Å². The fourth-order valence-electron chi connectivity index (χ4n) is 1.67. The van der Waals surface area contributed by atoms with Crippen LogP contribution in [0.25, 0.3) is 0 Å². The number of halogens is 8. The summed E-state index contributed by atoms with van der Waals surface area (Å²) < 4.78 is 116. The van der Waals surface area contributed by atoms with Crippen LogP contribution < -0.4 is 18.8 Å². The Kier molecular flexibility index (Phi) is 5.91. The normalized spacial score (nSPS) is 11.7. The van der Waals surface area contributed by atoms with Gasteiger partial charge in [-0.15, -0.1) is 26.3 Å². The molecule has 0 N–H and O–H groups in total. The molecule has 145 valence electrons. The number of hydrogen-bond acceptors (Lipinski definition) is 4. The Morgan fingerprint density at radius 2 is 1.00 bits per heavy atom. The van der Waals surface area contributed by atoms with E-state index in [1.165, 1.54) is 0 Å². The van der Waals surface area contributed by atoms with Crippen molar-refractivity contribution in [3.05, 3.63) is 48.0 Å². The molecule has 0 bridgehead atoms. The van der Waals surface area contributed by atoms with Gasteiger partial charge in [-0.1, -0.05) is 0 Å². The molecule has 0 heterocycles. The zero-order valence-corrected chi connectivity index (χ0v) is 12.7. The highest BCUT2D eigenvalue weighted by molar-refractivity contribution is 6.20. The molecule has 0 aliphatic heterocycles. The third-order valence-corrected chi connectivity index (χ3v) is 2.62. The van der Waals surface area contributed by atoms with Crippen molar-refractivity contribution in [2.24, 2.45) is 0 Å². The van der Waals surface area contributed by atoms with E-state index in [4.69, 9.17) is 0 Å². The van der Waals surface area contributed by atoms with Crippen molar-refractivity contribution in [2.75, 3.05) is 0 Å². The topological polar surface area (TPSA) is 36.9 Å². The second kappa shape index (κ2) is 7.80. The van der Waals surface area contributed by atoms with Gasteiger partial charge in [0, 0.05) is 12.1 Å². The largest absolute Gasteiger partial charge is 0.658 e. The van der Waals surface area contributed by atoms with Crippen LogP contribution in [0, 0.1) is 11.6 Å². The van der Waals surface area contributed by atoms with Crippen molar-refractivity contribution in [2.45, 2.75) is 12.7 Å². The van der Waals surface area contributed by atoms with Gasteiger partial charge in [-0.3, -0.25) is 0 Å². The molecule has 0 aromatic heterocycles. The first kappa shape index (κ1) is 20.5. The number of hydrogen-bond donors (Lipinski definition) is 0. The molecule has 0 unspecified atom stereocenters. The molecule has 0 atom stereocenters. The van der Waals surface area contributed by atoms with Gasteiger partial charge in [0.2, 0.25) is 0 Å². The molecular formula is C14H6BF8O4. The van der Waals surface area contributed by atoms with Gasteiger partial charge in [0.25, 0.3) is 0 Å². The summed E-state index contributed by atoms with van der Waals surface area (Å²) in [6.07, 6.45) is -10.1. The third-order valence-electron chi connectivity index (χ3n) is 2.62. The fraction of sp³-hybridized carbons (Fsp3) is 0.143. The van der Waals surface area contributed by atoms with Crippen LogP contribution in [-0.4, -0.2) is 20.4 Å². The fourth-order valence-corrected chi connectivity index (χ4v) is 1.67. The van der Waals surface area contributed by atoms with Crippen molar-refractivity contribution >= 4 is 7.69 Å². The zero-order valence-electron chi connectivity index (χ0n) is 12.7. The molecule has 2 aromatic rings. The first-order valence-electron chi connectivity index (χ1n) is 6.68. The van der Waals surface area contributed by atoms with Gasteiger partial charge in [0.05, 0.1) is 0 Å². The number of alkyl halides is 6. The minimum Gasteiger partial charge on any atom is -0.524 e. The summed E-state index contributed by atoms with van der Waals surface area (Å²) in [5.41, 5.74) is 0. The van der Waals surface area contributed by atoms with Crippen LogP contribution in [0.4, 0.5) is 35.1 Å². The van der Waals surface area contributed by atoms with Gasteiger partial charge in [0.15, 0.2) is 11.6 Å². The molecule has 0 aliphatic carbocycles. The monoisotopic (exact) mass is 401 g/mol. The van der Waals surface area contributed by atoms with Crippen LogP contribution in [0.5, 0.6) is 23.0 Å². The van der Waals surface area contributed by atoms with Gasteiger partial charge in [-0.25, -0.2) is 8.78 Å². The molecular weight excluding hydrogens is 395 g/mol. The molecule has 0 amide bonds. The van der Waals surface area contributed by atoms with E-state index >= 15 is 0 Å². The average molecular weight is 401 g/mol. The van der Waals surface area contributed by atoms with Gasteiger partial charge in [-0.2, -0.15) is 0 Å². The maximum atomic E-state index is 13.5. The standard InChI is InChI=1S/C14H6BF8O4/c16-9-3-1-7(24-13(18,19)20)5-11(9)26-15-27-12-6-8(2-4-10(12)17)25-14(21,22)23/h1-6H. The van der Waals surface area contributed by atoms with Gasteiger partial charge in [-0.05, 0) is 24.3 Å². The minimum atomic E-state index is -5.03. The second-order valence-electron chi connectivity index (χ2n) is 4.61. The Labute approximate surface area is 146 Å². The maximum Gasteiger partial charge on any atom is 0.658 e. The maximum absolute atomic E-state index is 13.5. The lowest BCUT2D eigenvalue weighted by Gasteiger charge is -2.13. The summed E-state index contributed by atoms with van der Waals surface area (Å²) in [4.78, 5) is 0. The van der Waals surface area contributed by atoms with Crippen molar-refractivity contribution in [1.82, 2.24) is 0 Å². The predicted molar refractivity (Wildman–Crippen MR) is 73.2 cm³/mol. The van der Waals surface area contributed by atoms with Crippen LogP contribution in [-0.2, 0) is 0 Å². The van der Waals surface area contributed by atoms with E-state index in [1.807, 2.05) is 0 Å². The van der Waals surface area contributed by atoms with Crippen LogP contribution >= 0.6 is 0 Å². The lowest BCUT2D eigenvalue weighted by molar-refractivity contribution is -0.275. The number of ether oxygens (including phenoxy) is 2. The van der Waals surface area contributed by atoms with E-state index in [0.29, 0.717) is 44.1 Å². The quantitative estimate of drug-likeness (QED) is 0.517. The van der Waals surface area contributed by atoms with Crippen molar-refractivity contribution in [1.29, 1.82) is 0 Å². The Bertz CT molecular complexity index is 728. The molecule has 13 heteroatoms. The molecule has 27 heavy (non-hydrogen) atoms. The third kappa shape index (κ3) is 6.75. The van der Waals surface area contributed by atoms with Crippen molar-refractivity contribution < 1.29 is 53.9 Å². The summed E-state index contributed by atoms with van der Waals surface area (Å²) in [7, 11) is 0.297. The van der Waals surface area contributed by atoms with E-state index in [9.17, 15) is 35.1 Å². The molecule has 0 aliphatic rings. The highest BCUT2D eigenvalue weighted by Gasteiger charge is 2.32. The first-order chi connectivity index (χ1) is 12.4. The van der Waals surface area contributed by atoms with E-state index in [0.717, 1.165) is 0 Å². The minimum absolute atomic E-state index is 0.297. The highest BCUT2D eigenvalue weighted by atomic mass is 19.4. The molecule has 2 aromatic carbocycles. The van der Waals surface area contributed by atoms with E-state index in [1.54, 1.807) is 0 Å². The molecule has 0 fully saturated rings. The summed E-state index contributed by atoms with van der Waals surface area (Å²) in [6, 6.07) is 3.61. The number of benzene rings is 2. The lowest BCUT2D eigenvalue weighted by atomic mass is 10.2. The van der Waals surface area contributed by atoms with Crippen LogP contribution in [0.2, 0.25) is 0 Å². The lowest BCUT2D eigenvalue weighted by Crippen LogP contribution is -2.18. The summed E-state index contributed by atoms with van der Waals surface area (Å²) in [6.45, 7) is 0. The summed E-state index contributed by atoms with van der Waals surface area (Å²) >= 11 is 0. The van der Waals surface area contributed by atoms with E-state index < -0.39 is 47.4 Å². The smallest absolute Gasteiger partial charge is 0.524 e. The number of rotatable bonds is 6. The Hall–Kier alpha value is -2.86. The Morgan fingerprint density at radius 1 is 0.630 bits per heavy atom. The SMILES string of the molecule is Fc1ccc(OC(F)(F)F)cc1O[B]Oc1cc(OC(F)(F)F)ccc1F. The van der Waals surface area contributed by atoms with E-state index in [2.05, 4.69) is 18.8 Å². The predicted octanol–water partition coefficient (Wildman–Crippen LogP) is 4.75. The van der Waals surface area contributed by atoms with Crippen LogP contribution in [0.15, 0.2) is 36.4 Å². The molecule has 4 nitrogen and oxygen atoms in total.